The molecule has 26 heavy (non-hydrogen) atoms. The minimum Gasteiger partial charge on any atom is -0.364 e. The largest absolute Gasteiger partial charge is 0.364 e. The molecule has 0 unspecified atom stereocenters. The van der Waals surface area contributed by atoms with Crippen LogP contribution >= 0.6 is 11.6 Å². The van der Waals surface area contributed by atoms with Crippen LogP contribution in [0.1, 0.15) is 0 Å². The molecule has 8 heteroatoms. The number of halogens is 4. The molecule has 0 saturated carbocycles. The van der Waals surface area contributed by atoms with Crippen molar-refractivity contribution in [3.63, 3.8) is 0 Å². The molecule has 0 saturated heterocycles. The minimum atomic E-state index is -1.63. The number of hydrogen-bond donors (Lipinski definition) is 1. The summed E-state index contributed by atoms with van der Waals surface area (Å²) in [4.78, 5) is 16.9. The lowest BCUT2D eigenvalue weighted by Gasteiger charge is -2.19. The average Bonchev–Trinajstić information content (AvgIpc) is 2.61. The molecule has 0 spiro atoms. The van der Waals surface area contributed by atoms with E-state index in [-0.39, 0.29) is 6.54 Å². The molecule has 4 nitrogen and oxygen atoms in total. The van der Waals surface area contributed by atoms with Crippen LogP contribution in [0.15, 0.2) is 42.6 Å². The molecule has 0 aliphatic heterocycles. The van der Waals surface area contributed by atoms with E-state index in [9.17, 15) is 18.0 Å². The Morgan fingerprint density at radius 3 is 2.69 bits per heavy atom. The quantitative estimate of drug-likeness (QED) is 0.700. The first-order chi connectivity index (χ1) is 12.4. The summed E-state index contributed by atoms with van der Waals surface area (Å²) in [6, 6.07) is 8.80. The molecule has 0 fully saturated rings. The van der Waals surface area contributed by atoms with Crippen LogP contribution < -0.4 is 15.2 Å². The standard InChI is InChI=1S/C18H13ClF3N3O/c1-25(15-6-7-23-14-8-10(19)2-3-11(14)15)9-16(26)24-13-5-4-12(20)17(21)18(13)22/h2-8H,9H2,1H3,(H,24,26)/p+1. The number of carbonyl (C=O) groups is 1. The molecule has 0 bridgehead atoms. The molecular weight excluding hydrogens is 367 g/mol. The fraction of sp³-hybridized carbons (Fsp3) is 0.111. The van der Waals surface area contributed by atoms with E-state index in [1.807, 2.05) is 6.07 Å². The number of pyridine rings is 1. The number of hydrogen-bond acceptors (Lipinski definition) is 2. The van der Waals surface area contributed by atoms with Crippen LogP contribution in [0.5, 0.6) is 0 Å². The van der Waals surface area contributed by atoms with Gasteiger partial charge in [0.15, 0.2) is 23.6 Å². The number of nitrogens with zero attached hydrogens (tertiary/aromatic N) is 1. The summed E-state index contributed by atoms with van der Waals surface area (Å²) in [5.74, 6) is -4.95. The van der Waals surface area contributed by atoms with Gasteiger partial charge < -0.3 is 10.2 Å². The molecule has 3 rings (SSSR count). The highest BCUT2D eigenvalue weighted by Gasteiger charge is 2.17. The Hall–Kier alpha value is -2.80. The van der Waals surface area contributed by atoms with Crippen LogP contribution in [0.3, 0.4) is 0 Å². The number of carbonyl (C=O) groups excluding carboxylic acids is 1. The van der Waals surface area contributed by atoms with Crippen molar-refractivity contribution >= 4 is 39.8 Å². The Morgan fingerprint density at radius 2 is 1.92 bits per heavy atom. The molecule has 0 aliphatic carbocycles. The Morgan fingerprint density at radius 1 is 1.15 bits per heavy atom. The molecule has 1 heterocycles. The van der Waals surface area contributed by atoms with E-state index in [1.54, 1.807) is 36.3 Å². The van der Waals surface area contributed by atoms with Gasteiger partial charge >= 0.3 is 0 Å². The summed E-state index contributed by atoms with van der Waals surface area (Å²) < 4.78 is 39.9. The molecule has 0 aliphatic rings. The van der Waals surface area contributed by atoms with Gasteiger partial charge in [0.1, 0.15) is 0 Å². The van der Waals surface area contributed by atoms with Crippen LogP contribution in [0.25, 0.3) is 10.9 Å². The van der Waals surface area contributed by atoms with E-state index in [1.165, 1.54) is 0 Å². The molecule has 1 amide bonds. The van der Waals surface area contributed by atoms with Gasteiger partial charge in [0.05, 0.1) is 23.3 Å². The summed E-state index contributed by atoms with van der Waals surface area (Å²) in [7, 11) is 1.69. The SMILES string of the molecule is CN(CC(=O)Nc1ccc(F)c(F)c1F)c1cc[nH+]c2cc(Cl)ccc12. The monoisotopic (exact) mass is 380 g/mol. The number of H-pyrrole nitrogens is 1. The van der Waals surface area contributed by atoms with E-state index in [0.717, 1.165) is 28.7 Å². The van der Waals surface area contributed by atoms with Gasteiger partial charge in [-0.15, -0.1) is 0 Å². The molecule has 0 radical (unpaired) electrons. The highest BCUT2D eigenvalue weighted by molar-refractivity contribution is 6.31. The van der Waals surface area contributed by atoms with Gasteiger partial charge in [-0.1, -0.05) is 11.6 Å². The topological polar surface area (TPSA) is 46.5 Å². The number of aromatic nitrogens is 1. The molecule has 3 aromatic rings. The molecule has 2 aromatic carbocycles. The molecular formula is C18H14ClF3N3O+. The second-order valence-corrected chi connectivity index (χ2v) is 6.12. The first kappa shape index (κ1) is 18.0. The van der Waals surface area contributed by atoms with Crippen molar-refractivity contribution in [1.82, 2.24) is 0 Å². The van der Waals surface area contributed by atoms with Crippen molar-refractivity contribution in [2.24, 2.45) is 0 Å². The smallest absolute Gasteiger partial charge is 0.243 e. The summed E-state index contributed by atoms with van der Waals surface area (Å²) >= 11 is 5.97. The fourth-order valence-corrected chi connectivity index (χ4v) is 2.78. The van der Waals surface area contributed by atoms with Crippen LogP contribution in [0, 0.1) is 17.5 Å². The third kappa shape index (κ3) is 3.57. The third-order valence-corrected chi connectivity index (χ3v) is 4.07. The minimum absolute atomic E-state index is 0.125. The van der Waals surface area contributed by atoms with Crippen molar-refractivity contribution in [2.75, 3.05) is 23.8 Å². The highest BCUT2D eigenvalue weighted by Crippen LogP contribution is 2.25. The maximum atomic E-state index is 13.7. The number of likely N-dealkylation sites (N-methyl/N-ethyl adjacent to an activating group) is 1. The van der Waals surface area contributed by atoms with E-state index >= 15 is 0 Å². The number of anilines is 2. The lowest BCUT2D eigenvalue weighted by molar-refractivity contribution is -0.344. The van der Waals surface area contributed by atoms with E-state index in [4.69, 9.17) is 11.6 Å². The first-order valence-corrected chi connectivity index (χ1v) is 7.99. The molecule has 2 N–H and O–H groups in total. The summed E-state index contributed by atoms with van der Waals surface area (Å²) in [6.45, 7) is -0.125. The van der Waals surface area contributed by atoms with Crippen molar-refractivity contribution in [2.45, 2.75) is 0 Å². The average molecular weight is 381 g/mol. The first-order valence-electron chi connectivity index (χ1n) is 7.61. The van der Waals surface area contributed by atoms with Crippen molar-refractivity contribution in [3.05, 3.63) is 65.1 Å². The van der Waals surface area contributed by atoms with Crippen LogP contribution in [-0.2, 0) is 4.79 Å². The Labute approximate surface area is 152 Å². The zero-order valence-electron chi connectivity index (χ0n) is 13.6. The zero-order valence-corrected chi connectivity index (χ0v) is 14.4. The molecule has 134 valence electrons. The Bertz CT molecular complexity index is 997. The van der Waals surface area contributed by atoms with Crippen LogP contribution in [0.4, 0.5) is 24.5 Å². The predicted octanol–water partition coefficient (Wildman–Crippen LogP) is 3.80. The van der Waals surface area contributed by atoms with Crippen molar-refractivity contribution < 1.29 is 22.9 Å². The van der Waals surface area contributed by atoms with Gasteiger partial charge in [-0.2, -0.15) is 0 Å². The Balaban J connectivity index is 1.79. The van der Waals surface area contributed by atoms with Crippen molar-refractivity contribution in [1.29, 1.82) is 0 Å². The third-order valence-electron chi connectivity index (χ3n) is 3.84. The van der Waals surface area contributed by atoms with Gasteiger partial charge in [-0.05, 0) is 24.3 Å². The van der Waals surface area contributed by atoms with Gasteiger partial charge in [-0.3, -0.25) is 4.79 Å². The number of fused-ring (bicyclic) bond motifs is 1. The molecule has 1 aromatic heterocycles. The fourth-order valence-electron chi connectivity index (χ4n) is 2.61. The lowest BCUT2D eigenvalue weighted by Crippen LogP contribution is -2.30. The van der Waals surface area contributed by atoms with Gasteiger partial charge in [-0.25, -0.2) is 18.2 Å². The second kappa shape index (κ2) is 7.21. The predicted molar refractivity (Wildman–Crippen MR) is 93.7 cm³/mol. The van der Waals surface area contributed by atoms with E-state index < -0.39 is 29.0 Å². The highest BCUT2D eigenvalue weighted by atomic mass is 35.5. The van der Waals surface area contributed by atoms with Gasteiger partial charge in [0.2, 0.25) is 11.4 Å². The maximum Gasteiger partial charge on any atom is 0.243 e. The Kier molecular flexibility index (Phi) is 4.99. The number of rotatable bonds is 4. The number of amides is 1. The summed E-state index contributed by atoms with van der Waals surface area (Å²) in [6.07, 6.45) is 1.71. The van der Waals surface area contributed by atoms with Crippen molar-refractivity contribution in [3.8, 4) is 0 Å². The van der Waals surface area contributed by atoms with E-state index in [2.05, 4.69) is 10.3 Å². The van der Waals surface area contributed by atoms with E-state index in [0.29, 0.717) is 5.02 Å². The summed E-state index contributed by atoms with van der Waals surface area (Å²) in [5.41, 5.74) is 1.12. The van der Waals surface area contributed by atoms with Crippen LogP contribution in [-0.4, -0.2) is 19.5 Å². The maximum absolute atomic E-state index is 13.7. The van der Waals surface area contributed by atoms with Crippen LogP contribution in [0.2, 0.25) is 5.02 Å². The number of aromatic amines is 1. The lowest BCUT2D eigenvalue weighted by atomic mass is 10.1. The second-order valence-electron chi connectivity index (χ2n) is 5.68. The number of benzene rings is 2. The zero-order chi connectivity index (χ0) is 18.8. The number of nitrogens with one attached hydrogen (secondary N) is 2. The molecule has 0 atom stereocenters. The summed E-state index contributed by atoms with van der Waals surface area (Å²) in [5, 5.41) is 3.65. The van der Waals surface area contributed by atoms with Gasteiger partial charge in [0.25, 0.3) is 0 Å². The normalized spacial score (nSPS) is 10.8. The van der Waals surface area contributed by atoms with Gasteiger partial charge in [0, 0.05) is 24.2 Å².